The summed E-state index contributed by atoms with van der Waals surface area (Å²) in [4.78, 5) is 56.0. The van der Waals surface area contributed by atoms with Gasteiger partial charge in [0.15, 0.2) is 0 Å². The first-order chi connectivity index (χ1) is 17.7. The molecule has 0 aliphatic heterocycles. The molecule has 2 aromatic heterocycles. The van der Waals surface area contributed by atoms with E-state index >= 15 is 0 Å². The summed E-state index contributed by atoms with van der Waals surface area (Å²) in [7, 11) is 0. The second kappa shape index (κ2) is 10.6. The third-order valence-corrected chi connectivity index (χ3v) is 7.87. The van der Waals surface area contributed by atoms with E-state index in [0.717, 1.165) is 27.0 Å². The third-order valence-electron chi connectivity index (χ3n) is 6.56. The molecule has 0 atom stereocenters. The molecule has 2 aromatic carbocycles. The second-order valence-corrected chi connectivity index (χ2v) is 9.90. The lowest BCUT2D eigenvalue weighted by molar-refractivity contribution is -0.116. The lowest BCUT2D eigenvalue weighted by Crippen LogP contribution is -2.40. The van der Waals surface area contributed by atoms with Crippen LogP contribution in [0.25, 0.3) is 15.9 Å². The molecule has 0 unspecified atom stereocenters. The van der Waals surface area contributed by atoms with Crippen molar-refractivity contribution in [3.8, 4) is 5.69 Å². The molecule has 4 rings (SSSR count). The van der Waals surface area contributed by atoms with Crippen molar-refractivity contribution in [3.63, 3.8) is 0 Å². The zero-order valence-corrected chi connectivity index (χ0v) is 22.4. The van der Waals surface area contributed by atoms with Gasteiger partial charge in [0.2, 0.25) is 5.91 Å². The van der Waals surface area contributed by atoms with Crippen molar-refractivity contribution in [2.75, 3.05) is 18.4 Å². The van der Waals surface area contributed by atoms with Crippen LogP contribution in [0, 0.1) is 20.8 Å². The first-order valence-corrected chi connectivity index (χ1v) is 13.0. The summed E-state index contributed by atoms with van der Waals surface area (Å²) in [6, 6.07) is 14.2. The van der Waals surface area contributed by atoms with E-state index in [2.05, 4.69) is 5.32 Å². The van der Waals surface area contributed by atoms with Crippen LogP contribution in [-0.4, -0.2) is 38.9 Å². The SMILES string of the molecule is CCN(CC)C(=O)c1sc2c(c1C)c(=O)n(-c1ccccc1)c(=O)n2CC(=O)Nc1ccc(C)c(C)c1. The molecule has 0 spiro atoms. The Hall–Kier alpha value is -3.98. The number of amides is 2. The number of hydrogen-bond donors (Lipinski definition) is 1. The highest BCUT2D eigenvalue weighted by atomic mass is 32.1. The summed E-state index contributed by atoms with van der Waals surface area (Å²) < 4.78 is 2.35. The van der Waals surface area contributed by atoms with E-state index in [4.69, 9.17) is 0 Å². The molecule has 9 heteroatoms. The molecule has 2 amide bonds. The predicted molar refractivity (Wildman–Crippen MR) is 148 cm³/mol. The van der Waals surface area contributed by atoms with Crippen LogP contribution in [0.3, 0.4) is 0 Å². The molecule has 0 fully saturated rings. The topological polar surface area (TPSA) is 93.4 Å². The first kappa shape index (κ1) is 26.1. The molecule has 2 heterocycles. The van der Waals surface area contributed by atoms with Crippen LogP contribution in [0.4, 0.5) is 5.69 Å². The summed E-state index contributed by atoms with van der Waals surface area (Å²) in [5.74, 6) is -0.611. The van der Waals surface area contributed by atoms with E-state index in [1.54, 1.807) is 48.2 Å². The van der Waals surface area contributed by atoms with Gasteiger partial charge in [-0.1, -0.05) is 24.3 Å². The Balaban J connectivity index is 1.90. The minimum Gasteiger partial charge on any atom is -0.338 e. The number of carbonyl (C=O) groups is 2. The highest BCUT2D eigenvalue weighted by molar-refractivity contribution is 7.20. The normalized spacial score (nSPS) is 11.1. The average Bonchev–Trinajstić information content (AvgIpc) is 3.22. The van der Waals surface area contributed by atoms with Gasteiger partial charge in [0, 0.05) is 18.8 Å². The van der Waals surface area contributed by atoms with Gasteiger partial charge < -0.3 is 10.2 Å². The number of fused-ring (bicyclic) bond motifs is 1. The highest BCUT2D eigenvalue weighted by Crippen LogP contribution is 2.29. The lowest BCUT2D eigenvalue weighted by Gasteiger charge is -2.17. The fourth-order valence-corrected chi connectivity index (χ4v) is 5.57. The molecule has 0 saturated carbocycles. The molecule has 0 bridgehead atoms. The number of benzene rings is 2. The van der Waals surface area contributed by atoms with Gasteiger partial charge in [-0.25, -0.2) is 9.36 Å². The number of rotatable bonds is 7. The van der Waals surface area contributed by atoms with Crippen molar-refractivity contribution in [3.05, 3.63) is 90.9 Å². The van der Waals surface area contributed by atoms with Crippen LogP contribution in [0.15, 0.2) is 58.1 Å². The summed E-state index contributed by atoms with van der Waals surface area (Å²) in [6.45, 7) is 10.2. The maximum absolute atomic E-state index is 13.7. The number of thiophene rings is 1. The van der Waals surface area contributed by atoms with Crippen LogP contribution in [0.2, 0.25) is 0 Å². The van der Waals surface area contributed by atoms with E-state index in [1.165, 1.54) is 4.57 Å². The number of nitrogens with zero attached hydrogens (tertiary/aromatic N) is 3. The van der Waals surface area contributed by atoms with Gasteiger partial charge in [0.25, 0.3) is 11.5 Å². The van der Waals surface area contributed by atoms with Gasteiger partial charge in [-0.2, -0.15) is 0 Å². The molecular formula is C28H30N4O4S. The monoisotopic (exact) mass is 518 g/mol. The Morgan fingerprint density at radius 1 is 0.946 bits per heavy atom. The minimum atomic E-state index is -0.637. The third kappa shape index (κ3) is 4.86. The van der Waals surface area contributed by atoms with Crippen molar-refractivity contribution < 1.29 is 9.59 Å². The van der Waals surface area contributed by atoms with E-state index in [0.29, 0.717) is 39.7 Å². The van der Waals surface area contributed by atoms with Crippen LogP contribution in [-0.2, 0) is 11.3 Å². The Morgan fingerprint density at radius 2 is 1.62 bits per heavy atom. The van der Waals surface area contributed by atoms with Crippen molar-refractivity contribution in [2.24, 2.45) is 0 Å². The standard InChI is InChI=1S/C28H30N4O4S/c1-6-30(7-2)26(35)24-19(5)23-25(34)32(21-11-9-8-10-12-21)28(36)31(27(23)37-24)16-22(33)29-20-14-13-17(3)18(4)15-20/h8-15H,6-7,16H2,1-5H3,(H,29,33). The zero-order valence-electron chi connectivity index (χ0n) is 21.6. The summed E-state index contributed by atoms with van der Waals surface area (Å²) in [5.41, 5.74) is 2.51. The smallest absolute Gasteiger partial charge is 0.337 e. The van der Waals surface area contributed by atoms with Crippen molar-refractivity contribution >= 4 is 39.1 Å². The van der Waals surface area contributed by atoms with E-state index < -0.39 is 17.2 Å². The van der Waals surface area contributed by atoms with Gasteiger partial charge in [-0.15, -0.1) is 11.3 Å². The van der Waals surface area contributed by atoms with E-state index in [1.807, 2.05) is 39.8 Å². The van der Waals surface area contributed by atoms with Gasteiger partial charge >= 0.3 is 5.69 Å². The number of carbonyl (C=O) groups excluding carboxylic acids is 2. The Morgan fingerprint density at radius 3 is 2.24 bits per heavy atom. The first-order valence-electron chi connectivity index (χ1n) is 12.2. The highest BCUT2D eigenvalue weighted by Gasteiger charge is 2.26. The fraction of sp³-hybridized carbons (Fsp3) is 0.286. The molecule has 0 radical (unpaired) electrons. The van der Waals surface area contributed by atoms with Crippen molar-refractivity contribution in [1.29, 1.82) is 0 Å². The Bertz CT molecular complexity index is 1610. The molecule has 0 aliphatic rings. The van der Waals surface area contributed by atoms with Crippen LogP contribution >= 0.6 is 11.3 Å². The van der Waals surface area contributed by atoms with Crippen LogP contribution < -0.4 is 16.6 Å². The van der Waals surface area contributed by atoms with E-state index in [9.17, 15) is 19.2 Å². The zero-order chi connectivity index (χ0) is 26.9. The fourth-order valence-electron chi connectivity index (χ4n) is 4.31. The average molecular weight is 519 g/mol. The maximum atomic E-state index is 13.7. The molecular weight excluding hydrogens is 488 g/mol. The number of aromatic nitrogens is 2. The van der Waals surface area contributed by atoms with Crippen LogP contribution in [0.5, 0.6) is 0 Å². The Labute approximate surface area is 218 Å². The van der Waals surface area contributed by atoms with Gasteiger partial charge in [-0.05, 0) is 75.6 Å². The van der Waals surface area contributed by atoms with Crippen LogP contribution in [0.1, 0.15) is 40.2 Å². The Kier molecular flexibility index (Phi) is 7.45. The molecule has 192 valence electrons. The number of hydrogen-bond acceptors (Lipinski definition) is 5. The molecule has 0 aliphatic carbocycles. The quantitative estimate of drug-likeness (QED) is 0.396. The summed E-state index contributed by atoms with van der Waals surface area (Å²) >= 11 is 1.08. The predicted octanol–water partition coefficient (Wildman–Crippen LogP) is 4.26. The molecule has 1 N–H and O–H groups in total. The van der Waals surface area contributed by atoms with Gasteiger partial charge in [0.05, 0.1) is 16.0 Å². The lowest BCUT2D eigenvalue weighted by atomic mass is 10.1. The number of nitrogens with one attached hydrogen (secondary N) is 1. The maximum Gasteiger partial charge on any atom is 0.337 e. The largest absolute Gasteiger partial charge is 0.338 e. The number of aryl methyl sites for hydroxylation is 3. The van der Waals surface area contributed by atoms with Crippen molar-refractivity contribution in [1.82, 2.24) is 14.0 Å². The van der Waals surface area contributed by atoms with Gasteiger partial charge in [0.1, 0.15) is 11.4 Å². The summed E-state index contributed by atoms with van der Waals surface area (Å²) in [5, 5.41) is 3.11. The molecule has 8 nitrogen and oxygen atoms in total. The number of para-hydroxylation sites is 1. The molecule has 37 heavy (non-hydrogen) atoms. The van der Waals surface area contributed by atoms with Gasteiger partial charge in [-0.3, -0.25) is 19.0 Å². The minimum absolute atomic E-state index is 0.201. The second-order valence-electron chi connectivity index (χ2n) is 8.91. The van der Waals surface area contributed by atoms with Crippen molar-refractivity contribution in [2.45, 2.75) is 41.2 Å². The number of anilines is 1. The molecule has 4 aromatic rings. The van der Waals surface area contributed by atoms with E-state index in [-0.39, 0.29) is 17.8 Å². The summed E-state index contributed by atoms with van der Waals surface area (Å²) in [6.07, 6.45) is 0. The molecule has 0 saturated heterocycles.